The van der Waals surface area contributed by atoms with Crippen molar-refractivity contribution in [1.29, 1.82) is 0 Å². The van der Waals surface area contributed by atoms with Gasteiger partial charge < -0.3 is 0 Å². The number of hydrogen-bond donors (Lipinski definition) is 0. The molecular weight excluding hydrogens is 171 g/mol. The number of ketones is 1. The predicted molar refractivity (Wildman–Crippen MR) is 40.0 cm³/mol. The van der Waals surface area contributed by atoms with Crippen molar-refractivity contribution in [2.24, 2.45) is 11.8 Å². The van der Waals surface area contributed by atoms with E-state index < -0.39 is 0 Å². The molecule has 2 aliphatic rings. The lowest BCUT2D eigenvalue weighted by Gasteiger charge is -2.06. The van der Waals surface area contributed by atoms with Gasteiger partial charge in [0.1, 0.15) is 5.78 Å². The van der Waals surface area contributed by atoms with E-state index in [1.165, 1.54) is 0 Å². The molecule has 0 N–H and O–H groups in total. The number of hydrogen-bond acceptors (Lipinski definition) is 1. The fourth-order valence-corrected chi connectivity index (χ4v) is 2.39. The molecule has 3 heteroatoms. The zero-order chi connectivity index (χ0) is 7.30. The summed E-state index contributed by atoms with van der Waals surface area (Å²) in [5.74, 6) is 0.147. The lowest BCUT2D eigenvalue weighted by Crippen LogP contribution is -2.04. The monoisotopic (exact) mass is 176 g/mol. The Bertz CT molecular complexity index is 210. The van der Waals surface area contributed by atoms with Crippen LogP contribution in [0.1, 0.15) is 12.8 Å². The van der Waals surface area contributed by atoms with E-state index in [1.54, 1.807) is 0 Å². The normalized spacial score (nSPS) is 38.0. The molecule has 2 atom stereocenters. The number of Topliss-reactive ketones (excluding diaryl/α,β-unsaturated/α-hetero) is 1. The lowest BCUT2D eigenvalue weighted by atomic mass is 10.1. The van der Waals surface area contributed by atoms with Crippen LogP contribution in [0.4, 0.5) is 0 Å². The molecule has 2 aliphatic carbocycles. The maximum Gasteiger partial charge on any atom is 0.149 e. The number of rotatable bonds is 0. The summed E-state index contributed by atoms with van der Waals surface area (Å²) in [4.78, 5) is 11.2. The molecule has 2 bridgehead atoms. The first kappa shape index (κ1) is 6.68. The molecule has 1 nitrogen and oxygen atoms in total. The van der Waals surface area contributed by atoms with Crippen LogP contribution < -0.4 is 0 Å². The van der Waals surface area contributed by atoms with Crippen LogP contribution in [0.25, 0.3) is 0 Å². The highest BCUT2D eigenvalue weighted by Gasteiger charge is 2.45. The molecular formula is C7H6Cl2O. The summed E-state index contributed by atoms with van der Waals surface area (Å²) in [6.45, 7) is 0. The molecule has 10 heavy (non-hydrogen) atoms. The van der Waals surface area contributed by atoms with E-state index in [0.717, 1.165) is 12.8 Å². The number of halogens is 2. The van der Waals surface area contributed by atoms with Gasteiger partial charge in [-0.05, 0) is 12.8 Å². The number of carbonyl (C=O) groups is 1. The summed E-state index contributed by atoms with van der Waals surface area (Å²) in [7, 11) is 0. The molecule has 0 radical (unpaired) electrons. The van der Waals surface area contributed by atoms with Gasteiger partial charge in [-0.2, -0.15) is 0 Å². The first-order valence-corrected chi connectivity index (χ1v) is 4.06. The molecule has 54 valence electrons. The standard InChI is InChI=1S/C7H6Cl2O/c8-5-3-1-2-4(6(5)9)7(3)10/h3-4H,1-2H2. The largest absolute Gasteiger partial charge is 0.298 e. The molecule has 0 aromatic rings. The molecule has 0 amide bonds. The van der Waals surface area contributed by atoms with Crippen molar-refractivity contribution in [2.75, 3.05) is 0 Å². The van der Waals surface area contributed by atoms with Gasteiger partial charge in [0.15, 0.2) is 0 Å². The Hall–Kier alpha value is -0.0100. The average Bonchev–Trinajstić information content (AvgIpc) is 2.34. The molecule has 0 aromatic heterocycles. The van der Waals surface area contributed by atoms with Crippen LogP contribution in [0.2, 0.25) is 0 Å². The van der Waals surface area contributed by atoms with Crippen molar-refractivity contribution >= 4 is 29.0 Å². The maximum absolute atomic E-state index is 11.2. The third-order valence-corrected chi connectivity index (χ3v) is 3.30. The first-order valence-electron chi connectivity index (χ1n) is 3.30. The van der Waals surface area contributed by atoms with Gasteiger partial charge in [0, 0.05) is 10.1 Å². The second-order valence-electron chi connectivity index (χ2n) is 2.78. The fourth-order valence-electron chi connectivity index (χ4n) is 1.70. The number of carbonyl (C=O) groups excluding carboxylic acids is 1. The molecule has 1 fully saturated rings. The van der Waals surface area contributed by atoms with Crippen LogP contribution in [0.3, 0.4) is 0 Å². The zero-order valence-electron chi connectivity index (χ0n) is 5.23. The number of allylic oxidation sites excluding steroid dienone is 2. The van der Waals surface area contributed by atoms with Crippen LogP contribution in [0, 0.1) is 11.8 Å². The summed E-state index contributed by atoms with van der Waals surface area (Å²) >= 11 is 11.6. The van der Waals surface area contributed by atoms with E-state index in [1.807, 2.05) is 0 Å². The van der Waals surface area contributed by atoms with Crippen molar-refractivity contribution in [3.8, 4) is 0 Å². The SMILES string of the molecule is O=C1C2CCC1C(Cl)=C2Cl. The third kappa shape index (κ3) is 0.625. The van der Waals surface area contributed by atoms with Crippen LogP contribution in [-0.2, 0) is 4.79 Å². The first-order chi connectivity index (χ1) is 4.72. The fraction of sp³-hybridized carbons (Fsp3) is 0.571. The number of fused-ring (bicyclic) bond motifs is 2. The van der Waals surface area contributed by atoms with Crippen molar-refractivity contribution in [2.45, 2.75) is 12.8 Å². The second-order valence-corrected chi connectivity index (χ2v) is 3.60. The van der Waals surface area contributed by atoms with Crippen LogP contribution in [0.15, 0.2) is 10.1 Å². The Morgan fingerprint density at radius 3 is 1.70 bits per heavy atom. The quantitative estimate of drug-likeness (QED) is 0.554. The minimum atomic E-state index is -0.0424. The highest BCUT2D eigenvalue weighted by molar-refractivity contribution is 6.43. The van der Waals surface area contributed by atoms with Crippen molar-refractivity contribution in [1.82, 2.24) is 0 Å². The van der Waals surface area contributed by atoms with E-state index in [2.05, 4.69) is 0 Å². The molecule has 2 rings (SSSR count). The lowest BCUT2D eigenvalue weighted by molar-refractivity contribution is -0.120. The molecule has 0 heterocycles. The summed E-state index contributed by atoms with van der Waals surface area (Å²) < 4.78 is 0. The third-order valence-electron chi connectivity index (χ3n) is 2.27. The van der Waals surface area contributed by atoms with Gasteiger partial charge in [0.2, 0.25) is 0 Å². The van der Waals surface area contributed by atoms with Gasteiger partial charge in [-0.15, -0.1) is 0 Å². The van der Waals surface area contributed by atoms with Crippen molar-refractivity contribution in [3.05, 3.63) is 10.1 Å². The smallest absolute Gasteiger partial charge is 0.149 e. The molecule has 2 unspecified atom stereocenters. The summed E-state index contributed by atoms with van der Waals surface area (Å²) in [5.41, 5.74) is 0. The Labute approximate surface area is 69.0 Å². The van der Waals surface area contributed by atoms with Gasteiger partial charge in [0.25, 0.3) is 0 Å². The van der Waals surface area contributed by atoms with Crippen LogP contribution in [0.5, 0.6) is 0 Å². The van der Waals surface area contributed by atoms with Crippen LogP contribution >= 0.6 is 23.2 Å². The van der Waals surface area contributed by atoms with E-state index in [9.17, 15) is 4.79 Å². The molecule has 1 saturated carbocycles. The van der Waals surface area contributed by atoms with E-state index in [0.29, 0.717) is 10.1 Å². The van der Waals surface area contributed by atoms with Gasteiger partial charge >= 0.3 is 0 Å². The van der Waals surface area contributed by atoms with Crippen molar-refractivity contribution in [3.63, 3.8) is 0 Å². The highest BCUT2D eigenvalue weighted by atomic mass is 35.5. The molecule has 0 aromatic carbocycles. The highest BCUT2D eigenvalue weighted by Crippen LogP contribution is 2.48. The molecule has 0 aliphatic heterocycles. The van der Waals surface area contributed by atoms with Crippen molar-refractivity contribution < 1.29 is 4.79 Å². The maximum atomic E-state index is 11.2. The Balaban J connectivity index is 2.46. The van der Waals surface area contributed by atoms with E-state index in [-0.39, 0.29) is 17.6 Å². The minimum absolute atomic E-state index is 0.0424. The minimum Gasteiger partial charge on any atom is -0.298 e. The summed E-state index contributed by atoms with van der Waals surface area (Å²) in [6, 6.07) is 0. The Kier molecular flexibility index (Phi) is 1.33. The Morgan fingerprint density at radius 1 is 1.10 bits per heavy atom. The molecule has 0 saturated heterocycles. The molecule has 0 spiro atoms. The topological polar surface area (TPSA) is 17.1 Å². The van der Waals surface area contributed by atoms with Gasteiger partial charge in [-0.1, -0.05) is 23.2 Å². The van der Waals surface area contributed by atoms with Gasteiger partial charge in [-0.3, -0.25) is 4.79 Å². The second kappa shape index (κ2) is 1.99. The van der Waals surface area contributed by atoms with E-state index >= 15 is 0 Å². The van der Waals surface area contributed by atoms with Gasteiger partial charge in [0.05, 0.1) is 11.8 Å². The predicted octanol–water partition coefficient (Wildman–Crippen LogP) is 2.28. The summed E-state index contributed by atoms with van der Waals surface area (Å²) in [5, 5.41) is 1.20. The Morgan fingerprint density at radius 2 is 1.50 bits per heavy atom. The van der Waals surface area contributed by atoms with E-state index in [4.69, 9.17) is 23.2 Å². The zero-order valence-corrected chi connectivity index (χ0v) is 6.74. The van der Waals surface area contributed by atoms with Gasteiger partial charge in [-0.25, -0.2) is 0 Å². The van der Waals surface area contributed by atoms with Crippen LogP contribution in [-0.4, -0.2) is 5.78 Å². The summed E-state index contributed by atoms with van der Waals surface area (Å²) in [6.07, 6.45) is 1.80. The average molecular weight is 177 g/mol.